The Balaban J connectivity index is 0.986. The van der Waals surface area contributed by atoms with Crippen molar-refractivity contribution < 1.29 is 37.3 Å². The van der Waals surface area contributed by atoms with Crippen LogP contribution in [0.2, 0.25) is 0 Å². The standard InChI is InChI=1S/C32H35F4N5O5S2/c33-26-19(6-9-37-15-24(43)21-4-5-23(42)27-28(21)48-30(45)39-27)2-1-3-20(26)16-40-10-7-31(8-11-40)18-41(12-13-46-31)29(44)22-17-47-25(38-22)14-32(34,35)36/h1-5,17,24,37,42-43H,6-16,18H2,(H,39,45)/t24-/m0/s1. The SMILES string of the molecule is O=C(c1csc(CC(F)(F)F)n1)N1CCOC2(CCN(Cc3cccc(CCNC[C@H](O)c4ccc(O)c5[nH]c(=O)sc45)c3F)CC2)C1. The van der Waals surface area contributed by atoms with Crippen molar-refractivity contribution in [2.45, 2.75) is 50.1 Å². The molecule has 258 valence electrons. The number of aliphatic hydroxyl groups is 1. The van der Waals surface area contributed by atoms with Crippen LogP contribution < -0.4 is 10.2 Å². The first-order valence-electron chi connectivity index (χ1n) is 15.6. The molecule has 1 spiro atoms. The highest BCUT2D eigenvalue weighted by atomic mass is 32.1. The maximum Gasteiger partial charge on any atom is 0.395 e. The van der Waals surface area contributed by atoms with Crippen LogP contribution in [-0.2, 0) is 24.1 Å². The van der Waals surface area contributed by atoms with Gasteiger partial charge in [0, 0.05) is 49.2 Å². The van der Waals surface area contributed by atoms with Crippen molar-refractivity contribution in [3.05, 3.63) is 78.6 Å². The van der Waals surface area contributed by atoms with Crippen molar-refractivity contribution >= 4 is 38.8 Å². The summed E-state index contributed by atoms with van der Waals surface area (Å²) >= 11 is 1.75. The fraction of sp³-hybridized carbons (Fsp3) is 0.469. The summed E-state index contributed by atoms with van der Waals surface area (Å²) in [5.41, 5.74) is 1.37. The van der Waals surface area contributed by atoms with Crippen LogP contribution in [0.5, 0.6) is 5.75 Å². The Morgan fingerprint density at radius 2 is 1.94 bits per heavy atom. The minimum Gasteiger partial charge on any atom is -0.506 e. The highest BCUT2D eigenvalue weighted by molar-refractivity contribution is 7.16. The minimum absolute atomic E-state index is 0.0188. The van der Waals surface area contributed by atoms with Crippen LogP contribution in [0.25, 0.3) is 10.2 Å². The fourth-order valence-electron chi connectivity index (χ4n) is 6.33. The summed E-state index contributed by atoms with van der Waals surface area (Å²) in [6, 6.07) is 8.32. The second-order valence-electron chi connectivity index (χ2n) is 12.2. The van der Waals surface area contributed by atoms with Crippen molar-refractivity contribution in [3.63, 3.8) is 0 Å². The molecule has 0 aliphatic carbocycles. The Labute approximate surface area is 281 Å². The second-order valence-corrected chi connectivity index (χ2v) is 14.1. The molecule has 1 atom stereocenters. The zero-order valence-corrected chi connectivity index (χ0v) is 27.4. The smallest absolute Gasteiger partial charge is 0.395 e. The van der Waals surface area contributed by atoms with E-state index in [1.165, 1.54) is 11.4 Å². The van der Waals surface area contributed by atoms with Gasteiger partial charge < -0.3 is 30.2 Å². The Morgan fingerprint density at radius 1 is 1.17 bits per heavy atom. The zero-order valence-electron chi connectivity index (χ0n) is 25.8. The van der Waals surface area contributed by atoms with Crippen molar-refractivity contribution in [1.82, 2.24) is 25.1 Å². The molecule has 2 aliphatic rings. The molecule has 4 aromatic rings. The van der Waals surface area contributed by atoms with Gasteiger partial charge in [-0.15, -0.1) is 11.3 Å². The van der Waals surface area contributed by atoms with Crippen LogP contribution in [0, 0.1) is 5.82 Å². The van der Waals surface area contributed by atoms with E-state index in [0.29, 0.717) is 92.0 Å². The summed E-state index contributed by atoms with van der Waals surface area (Å²) in [5, 5.41) is 25.1. The number of nitrogens with one attached hydrogen (secondary N) is 2. The third kappa shape index (κ3) is 7.90. The number of aromatic nitrogens is 2. The number of alkyl halides is 3. The lowest BCUT2D eigenvalue weighted by atomic mass is 9.89. The van der Waals surface area contributed by atoms with Crippen LogP contribution >= 0.6 is 22.7 Å². The van der Waals surface area contributed by atoms with Gasteiger partial charge in [0.15, 0.2) is 0 Å². The first-order valence-corrected chi connectivity index (χ1v) is 17.3. The number of ether oxygens (including phenoxy) is 1. The number of carbonyl (C=O) groups is 1. The van der Waals surface area contributed by atoms with E-state index in [9.17, 15) is 33.0 Å². The number of morpholine rings is 1. The lowest BCUT2D eigenvalue weighted by Crippen LogP contribution is -2.58. The Hall–Kier alpha value is -3.41. The first-order chi connectivity index (χ1) is 22.9. The normalized spacial score (nSPS) is 17.7. The van der Waals surface area contributed by atoms with Gasteiger partial charge in [0.05, 0.1) is 36.0 Å². The van der Waals surface area contributed by atoms with Gasteiger partial charge in [0.2, 0.25) is 0 Å². The number of aromatic amines is 1. The van der Waals surface area contributed by atoms with Gasteiger partial charge >= 0.3 is 11.0 Å². The van der Waals surface area contributed by atoms with Gasteiger partial charge in [-0.25, -0.2) is 9.37 Å². The van der Waals surface area contributed by atoms with E-state index in [0.717, 1.165) is 22.7 Å². The fourth-order valence-corrected chi connectivity index (χ4v) is 8.04. The molecular formula is C32H35F4N5O5S2. The summed E-state index contributed by atoms with van der Waals surface area (Å²) in [4.78, 5) is 34.8. The summed E-state index contributed by atoms with van der Waals surface area (Å²) in [5.74, 6) is -0.744. The van der Waals surface area contributed by atoms with Crippen LogP contribution in [0.1, 0.15) is 51.1 Å². The Bertz CT molecular complexity index is 1820. The molecule has 1 amide bonds. The third-order valence-electron chi connectivity index (χ3n) is 8.83. The van der Waals surface area contributed by atoms with Crippen LogP contribution in [0.4, 0.5) is 17.6 Å². The highest BCUT2D eigenvalue weighted by Crippen LogP contribution is 2.33. The molecule has 2 aromatic heterocycles. The van der Waals surface area contributed by atoms with E-state index in [1.54, 1.807) is 23.1 Å². The largest absolute Gasteiger partial charge is 0.506 e. The monoisotopic (exact) mass is 709 g/mol. The highest BCUT2D eigenvalue weighted by Gasteiger charge is 2.41. The minimum atomic E-state index is -4.39. The number of hydrogen-bond donors (Lipinski definition) is 4. The van der Waals surface area contributed by atoms with E-state index < -0.39 is 30.2 Å². The van der Waals surface area contributed by atoms with E-state index in [-0.39, 0.29) is 33.7 Å². The number of halogens is 4. The van der Waals surface area contributed by atoms with Gasteiger partial charge in [-0.05, 0) is 37.4 Å². The summed E-state index contributed by atoms with van der Waals surface area (Å²) < 4.78 is 60.4. The van der Waals surface area contributed by atoms with Crippen molar-refractivity contribution in [2.75, 3.05) is 45.9 Å². The van der Waals surface area contributed by atoms with E-state index >= 15 is 4.39 Å². The number of rotatable bonds is 10. The molecule has 0 saturated carbocycles. The maximum absolute atomic E-state index is 15.5. The molecule has 6 rings (SSSR count). The number of thiazole rings is 2. The average Bonchev–Trinajstić information content (AvgIpc) is 3.67. The van der Waals surface area contributed by atoms with Crippen molar-refractivity contribution in [2.24, 2.45) is 0 Å². The van der Waals surface area contributed by atoms with Gasteiger partial charge in [-0.1, -0.05) is 35.6 Å². The average molecular weight is 710 g/mol. The number of phenols is 1. The summed E-state index contributed by atoms with van der Waals surface area (Å²) in [6.45, 7) is 3.21. The Kier molecular flexibility index (Phi) is 10.2. The van der Waals surface area contributed by atoms with Gasteiger partial charge in [-0.3, -0.25) is 14.5 Å². The number of hydrogen-bond acceptors (Lipinski definition) is 10. The molecule has 10 nitrogen and oxygen atoms in total. The molecule has 0 radical (unpaired) electrons. The van der Waals surface area contributed by atoms with E-state index in [2.05, 4.69) is 20.2 Å². The number of amides is 1. The number of benzene rings is 2. The molecule has 2 aromatic carbocycles. The number of H-pyrrole nitrogens is 1. The van der Waals surface area contributed by atoms with Crippen LogP contribution in [0.15, 0.2) is 40.5 Å². The molecule has 16 heteroatoms. The number of aliphatic hydroxyl groups excluding tert-OH is 1. The third-order valence-corrected chi connectivity index (χ3v) is 10.6. The van der Waals surface area contributed by atoms with Gasteiger partial charge in [0.1, 0.15) is 27.8 Å². The van der Waals surface area contributed by atoms with Crippen LogP contribution in [-0.4, -0.2) is 93.5 Å². The Morgan fingerprint density at radius 3 is 2.71 bits per heavy atom. The molecule has 0 unspecified atom stereocenters. The molecule has 4 N–H and O–H groups in total. The van der Waals surface area contributed by atoms with Crippen molar-refractivity contribution in [1.29, 1.82) is 0 Å². The number of fused-ring (bicyclic) bond motifs is 1. The predicted molar refractivity (Wildman–Crippen MR) is 173 cm³/mol. The van der Waals surface area contributed by atoms with Crippen molar-refractivity contribution in [3.8, 4) is 5.75 Å². The number of aromatic hydroxyl groups is 1. The zero-order chi connectivity index (χ0) is 34.1. The predicted octanol–water partition coefficient (Wildman–Crippen LogP) is 4.37. The summed E-state index contributed by atoms with van der Waals surface area (Å²) in [6.07, 6.45) is -4.85. The molecule has 2 aliphatic heterocycles. The molecule has 2 saturated heterocycles. The summed E-state index contributed by atoms with van der Waals surface area (Å²) in [7, 11) is 0. The molecule has 0 bridgehead atoms. The molecule has 4 heterocycles. The van der Waals surface area contributed by atoms with E-state index in [1.807, 2.05) is 6.07 Å². The van der Waals surface area contributed by atoms with Gasteiger partial charge in [0.25, 0.3) is 5.91 Å². The number of piperidine rings is 1. The number of likely N-dealkylation sites (tertiary alicyclic amines) is 1. The van der Waals surface area contributed by atoms with Gasteiger partial charge in [-0.2, -0.15) is 13.2 Å². The number of nitrogens with zero attached hydrogens (tertiary/aromatic N) is 3. The van der Waals surface area contributed by atoms with Crippen LogP contribution in [0.3, 0.4) is 0 Å². The number of phenolic OH excluding ortho intramolecular Hbond substituents is 1. The second kappa shape index (κ2) is 14.2. The molecule has 2 fully saturated rings. The lowest BCUT2D eigenvalue weighted by molar-refractivity contribution is -0.128. The topological polar surface area (TPSA) is 131 Å². The molecular weight excluding hydrogens is 675 g/mol. The van der Waals surface area contributed by atoms with E-state index in [4.69, 9.17) is 4.74 Å². The molecule has 48 heavy (non-hydrogen) atoms. The quantitative estimate of drug-likeness (QED) is 0.141. The lowest BCUT2D eigenvalue weighted by Gasteiger charge is -2.47. The number of carbonyl (C=O) groups excluding carboxylic acids is 1. The maximum atomic E-state index is 15.5. The first kappa shape index (κ1) is 34.5.